The highest BCUT2D eigenvalue weighted by atomic mass is 16.6. The summed E-state index contributed by atoms with van der Waals surface area (Å²) in [5.41, 5.74) is 0. The number of nitrogens with zero attached hydrogens (tertiary/aromatic N) is 3. The Kier molecular flexibility index (Phi) is 9.79. The summed E-state index contributed by atoms with van der Waals surface area (Å²) in [6.45, 7) is 4.97. The molecule has 0 N–H and O–H groups in total. The van der Waals surface area contributed by atoms with Gasteiger partial charge in [0, 0.05) is 51.9 Å². The number of piperazine rings is 1. The van der Waals surface area contributed by atoms with Crippen molar-refractivity contribution in [3.05, 3.63) is 12.2 Å². The monoisotopic (exact) mass is 453 g/mol. The van der Waals surface area contributed by atoms with Crippen molar-refractivity contribution in [2.45, 2.75) is 26.3 Å². The summed E-state index contributed by atoms with van der Waals surface area (Å²) in [5.74, 6) is -1.82. The predicted molar refractivity (Wildman–Crippen MR) is 111 cm³/mol. The topological polar surface area (TPSA) is 123 Å². The lowest BCUT2D eigenvalue weighted by Gasteiger charge is -2.40. The molecule has 2 aliphatic heterocycles. The van der Waals surface area contributed by atoms with E-state index >= 15 is 0 Å². The highest BCUT2D eigenvalue weighted by Gasteiger charge is 2.33. The zero-order chi connectivity index (χ0) is 23.7. The van der Waals surface area contributed by atoms with E-state index in [1.54, 1.807) is 4.90 Å². The van der Waals surface area contributed by atoms with Gasteiger partial charge in [0.1, 0.15) is 13.2 Å². The molecule has 2 heterocycles. The molecule has 0 aromatic heterocycles. The number of carbonyl (C=O) groups excluding carboxylic acids is 5. The van der Waals surface area contributed by atoms with Crippen molar-refractivity contribution in [2.75, 3.05) is 59.7 Å². The van der Waals surface area contributed by atoms with Crippen LogP contribution in [0.1, 0.15) is 20.3 Å². The zero-order valence-corrected chi connectivity index (χ0v) is 18.8. The van der Waals surface area contributed by atoms with Crippen LogP contribution in [0.25, 0.3) is 0 Å². The maximum absolute atomic E-state index is 12.7. The third-order valence-corrected chi connectivity index (χ3v) is 5.02. The molecule has 0 bridgehead atoms. The lowest BCUT2D eigenvalue weighted by molar-refractivity contribution is -0.153. The molecule has 3 amide bonds. The first-order valence-electron chi connectivity index (χ1n) is 10.6. The first-order valence-corrected chi connectivity index (χ1v) is 10.6. The molecule has 2 rings (SSSR count). The molecule has 1 atom stereocenters. The third kappa shape index (κ3) is 7.72. The smallest absolute Gasteiger partial charge is 0.332 e. The number of ether oxygens (including phenoxy) is 3. The molecule has 1 saturated heterocycles. The van der Waals surface area contributed by atoms with Gasteiger partial charge in [0.2, 0.25) is 5.91 Å². The summed E-state index contributed by atoms with van der Waals surface area (Å²) < 4.78 is 15.2. The standard InChI is InChI=1S/C21H31N3O8/c1-15(2)12-31-20(28)11-22-8-9-23(10-16(22)13-32-21(29)14-30-3)17(25)6-7-24-18(26)4-5-19(24)27/h4-5,15-16H,6-14H2,1-3H3. The molecular weight excluding hydrogens is 422 g/mol. The number of carbonyl (C=O) groups is 5. The summed E-state index contributed by atoms with van der Waals surface area (Å²) in [4.78, 5) is 64.3. The molecule has 0 saturated carbocycles. The first-order chi connectivity index (χ1) is 15.2. The molecule has 178 valence electrons. The number of methoxy groups -OCH3 is 1. The van der Waals surface area contributed by atoms with Crippen LogP contribution < -0.4 is 0 Å². The van der Waals surface area contributed by atoms with E-state index in [2.05, 4.69) is 0 Å². The average Bonchev–Trinajstić information content (AvgIpc) is 3.07. The van der Waals surface area contributed by atoms with Crippen LogP contribution in [0.5, 0.6) is 0 Å². The Hall–Kier alpha value is -2.79. The molecule has 32 heavy (non-hydrogen) atoms. The van der Waals surface area contributed by atoms with Gasteiger partial charge in [0.15, 0.2) is 0 Å². The van der Waals surface area contributed by atoms with E-state index < -0.39 is 23.8 Å². The van der Waals surface area contributed by atoms with Crippen LogP contribution in [0.3, 0.4) is 0 Å². The number of hydrogen-bond acceptors (Lipinski definition) is 9. The van der Waals surface area contributed by atoms with E-state index in [1.165, 1.54) is 19.3 Å². The lowest BCUT2D eigenvalue weighted by atomic mass is 10.1. The molecule has 1 unspecified atom stereocenters. The van der Waals surface area contributed by atoms with Crippen LogP contribution >= 0.6 is 0 Å². The zero-order valence-electron chi connectivity index (χ0n) is 18.8. The van der Waals surface area contributed by atoms with E-state index in [1.807, 2.05) is 18.7 Å². The maximum Gasteiger partial charge on any atom is 0.332 e. The molecule has 0 aliphatic carbocycles. The number of rotatable bonds is 11. The molecule has 0 spiro atoms. The Labute approximate surface area is 187 Å². The number of hydrogen-bond donors (Lipinski definition) is 0. The lowest BCUT2D eigenvalue weighted by Crippen LogP contribution is -2.58. The summed E-state index contributed by atoms with van der Waals surface area (Å²) in [5, 5.41) is 0. The van der Waals surface area contributed by atoms with Gasteiger partial charge in [-0.25, -0.2) is 4.79 Å². The van der Waals surface area contributed by atoms with E-state index in [9.17, 15) is 24.0 Å². The van der Waals surface area contributed by atoms with Crippen molar-refractivity contribution < 1.29 is 38.2 Å². The molecule has 11 heteroatoms. The van der Waals surface area contributed by atoms with Gasteiger partial charge in [-0.1, -0.05) is 13.8 Å². The minimum atomic E-state index is -0.545. The highest BCUT2D eigenvalue weighted by molar-refractivity contribution is 6.13. The van der Waals surface area contributed by atoms with Gasteiger partial charge in [-0.15, -0.1) is 0 Å². The Bertz CT molecular complexity index is 733. The van der Waals surface area contributed by atoms with Gasteiger partial charge in [0.05, 0.1) is 19.2 Å². The van der Waals surface area contributed by atoms with Crippen molar-refractivity contribution in [2.24, 2.45) is 5.92 Å². The molecule has 2 aliphatic rings. The van der Waals surface area contributed by atoms with Crippen LogP contribution in [-0.2, 0) is 38.2 Å². The van der Waals surface area contributed by atoms with Gasteiger partial charge < -0.3 is 19.1 Å². The van der Waals surface area contributed by atoms with Crippen LogP contribution in [-0.4, -0.2) is 110 Å². The predicted octanol–water partition coefficient (Wildman–Crippen LogP) is -0.797. The van der Waals surface area contributed by atoms with Crippen LogP contribution in [0, 0.1) is 5.92 Å². The fourth-order valence-corrected chi connectivity index (χ4v) is 3.32. The Balaban J connectivity index is 1.93. The maximum atomic E-state index is 12.7. The van der Waals surface area contributed by atoms with Crippen molar-refractivity contribution in [3.8, 4) is 0 Å². The van der Waals surface area contributed by atoms with Crippen molar-refractivity contribution in [1.82, 2.24) is 14.7 Å². The summed E-state index contributed by atoms with van der Waals surface area (Å²) in [7, 11) is 1.38. The molecule has 0 aromatic rings. The average molecular weight is 453 g/mol. The van der Waals surface area contributed by atoms with Gasteiger partial charge >= 0.3 is 11.9 Å². The SMILES string of the molecule is COCC(=O)OCC1CN(C(=O)CCN2C(=O)C=CC2=O)CCN1CC(=O)OCC(C)C. The minimum Gasteiger partial charge on any atom is -0.464 e. The fourth-order valence-electron chi connectivity index (χ4n) is 3.32. The van der Waals surface area contributed by atoms with Gasteiger partial charge in [-0.2, -0.15) is 0 Å². The Morgan fingerprint density at radius 1 is 1.06 bits per heavy atom. The van der Waals surface area contributed by atoms with E-state index in [-0.39, 0.29) is 57.1 Å². The van der Waals surface area contributed by atoms with E-state index in [0.717, 1.165) is 4.90 Å². The van der Waals surface area contributed by atoms with Crippen molar-refractivity contribution in [1.29, 1.82) is 0 Å². The Morgan fingerprint density at radius 2 is 1.75 bits per heavy atom. The van der Waals surface area contributed by atoms with E-state index in [0.29, 0.717) is 19.7 Å². The van der Waals surface area contributed by atoms with Crippen molar-refractivity contribution >= 4 is 29.7 Å². The van der Waals surface area contributed by atoms with Gasteiger partial charge in [-0.05, 0) is 5.92 Å². The third-order valence-electron chi connectivity index (χ3n) is 5.02. The number of esters is 2. The number of amides is 3. The quantitative estimate of drug-likeness (QED) is 0.292. The van der Waals surface area contributed by atoms with E-state index in [4.69, 9.17) is 14.2 Å². The minimum absolute atomic E-state index is 0.00126. The van der Waals surface area contributed by atoms with Crippen LogP contribution in [0.4, 0.5) is 0 Å². The second-order valence-corrected chi connectivity index (χ2v) is 8.07. The largest absolute Gasteiger partial charge is 0.464 e. The molecule has 0 aromatic carbocycles. The highest BCUT2D eigenvalue weighted by Crippen LogP contribution is 2.14. The molecule has 1 fully saturated rings. The second kappa shape index (κ2) is 12.3. The molecule has 11 nitrogen and oxygen atoms in total. The second-order valence-electron chi connectivity index (χ2n) is 8.07. The first kappa shape index (κ1) is 25.5. The Morgan fingerprint density at radius 3 is 2.38 bits per heavy atom. The molecular formula is C21H31N3O8. The fraction of sp³-hybridized carbons (Fsp3) is 0.667. The van der Waals surface area contributed by atoms with Crippen LogP contribution in [0.15, 0.2) is 12.2 Å². The summed E-state index contributed by atoms with van der Waals surface area (Å²) in [6, 6.07) is -0.406. The molecule has 0 radical (unpaired) electrons. The van der Waals surface area contributed by atoms with Gasteiger partial charge in [0.25, 0.3) is 11.8 Å². The summed E-state index contributed by atoms with van der Waals surface area (Å²) in [6.07, 6.45) is 2.34. The van der Waals surface area contributed by atoms with Gasteiger partial charge in [-0.3, -0.25) is 29.0 Å². The van der Waals surface area contributed by atoms with Crippen LogP contribution in [0.2, 0.25) is 0 Å². The number of imide groups is 1. The normalized spacial score (nSPS) is 19.1. The van der Waals surface area contributed by atoms with Crippen molar-refractivity contribution in [3.63, 3.8) is 0 Å². The summed E-state index contributed by atoms with van der Waals surface area (Å²) >= 11 is 0.